The topological polar surface area (TPSA) is 67.4 Å². The summed E-state index contributed by atoms with van der Waals surface area (Å²) < 4.78 is 19.6. The molecule has 1 saturated heterocycles. The Balaban J connectivity index is 1.62. The average Bonchev–Trinajstić information content (AvgIpc) is 2.57. The lowest BCUT2D eigenvalue weighted by molar-refractivity contribution is -0.135. The van der Waals surface area contributed by atoms with Crippen LogP contribution in [0.3, 0.4) is 0 Å². The number of carbonyl (C=O) groups excluding carboxylic acids is 2. The number of halogens is 3. The number of hydrogen-bond acceptors (Lipinski definition) is 3. The fraction of sp³-hybridized carbons (Fsp3) is 0.778. The second kappa shape index (κ2) is 8.89. The summed E-state index contributed by atoms with van der Waals surface area (Å²) in [5.41, 5.74) is 0. The highest BCUT2D eigenvalue weighted by Gasteiger charge is 2.38. The Bertz CT molecular complexity index is 575. The SMILES string of the molecule is O=C1CC(NC(=O)C2CC=C(Cl)CC2OC2CCC(F)CC2Cl)CCN1. The van der Waals surface area contributed by atoms with Crippen LogP contribution in [0.25, 0.3) is 0 Å². The Hall–Kier alpha value is -0.850. The van der Waals surface area contributed by atoms with Gasteiger partial charge in [-0.15, -0.1) is 11.6 Å². The van der Waals surface area contributed by atoms with Gasteiger partial charge in [-0.1, -0.05) is 17.7 Å². The maximum atomic E-state index is 13.5. The molecule has 0 aromatic heterocycles. The molecule has 0 radical (unpaired) electrons. The van der Waals surface area contributed by atoms with Gasteiger partial charge in [0.05, 0.1) is 23.5 Å². The largest absolute Gasteiger partial charge is 0.372 e. The van der Waals surface area contributed by atoms with E-state index in [1.54, 1.807) is 0 Å². The van der Waals surface area contributed by atoms with Crippen molar-refractivity contribution in [3.8, 4) is 0 Å². The second-order valence-electron chi connectivity index (χ2n) is 7.38. The molecule has 0 spiro atoms. The lowest BCUT2D eigenvalue weighted by atomic mass is 9.88. The molecule has 6 unspecified atom stereocenters. The van der Waals surface area contributed by atoms with E-state index < -0.39 is 11.5 Å². The normalized spacial score (nSPS) is 38.3. The Morgan fingerprint density at radius 1 is 1.27 bits per heavy atom. The van der Waals surface area contributed by atoms with E-state index in [0.29, 0.717) is 43.7 Å². The van der Waals surface area contributed by atoms with Crippen LogP contribution >= 0.6 is 23.2 Å². The van der Waals surface area contributed by atoms with Crippen LogP contribution in [0.2, 0.25) is 0 Å². The quantitative estimate of drug-likeness (QED) is 0.705. The van der Waals surface area contributed by atoms with Crippen LogP contribution < -0.4 is 10.6 Å². The predicted octanol–water partition coefficient (Wildman–Crippen LogP) is 2.80. The number of carbonyl (C=O) groups is 2. The molecular formula is C18H25Cl2FN2O3. The van der Waals surface area contributed by atoms with Gasteiger partial charge in [-0.2, -0.15) is 0 Å². The lowest BCUT2D eigenvalue weighted by Crippen LogP contribution is -2.50. The third-order valence-corrected chi connectivity index (χ3v) is 6.13. The molecule has 2 aliphatic carbocycles. The van der Waals surface area contributed by atoms with Crippen LogP contribution in [0.1, 0.15) is 44.9 Å². The van der Waals surface area contributed by atoms with Gasteiger partial charge in [0.2, 0.25) is 11.8 Å². The maximum Gasteiger partial charge on any atom is 0.226 e. The zero-order valence-electron chi connectivity index (χ0n) is 14.6. The van der Waals surface area contributed by atoms with Gasteiger partial charge in [-0.25, -0.2) is 4.39 Å². The molecular weight excluding hydrogens is 382 g/mol. The van der Waals surface area contributed by atoms with Crippen molar-refractivity contribution in [2.45, 2.75) is 74.7 Å². The van der Waals surface area contributed by atoms with Crippen molar-refractivity contribution in [3.05, 3.63) is 11.1 Å². The van der Waals surface area contributed by atoms with Crippen molar-refractivity contribution in [1.82, 2.24) is 10.6 Å². The van der Waals surface area contributed by atoms with Crippen molar-refractivity contribution >= 4 is 35.0 Å². The minimum absolute atomic E-state index is 0.0473. The standard InChI is InChI=1S/C18H25Cl2FN2O3/c19-10-1-3-13(18(25)23-12-5-6-22-17(24)9-12)16(7-10)26-15-4-2-11(21)8-14(15)20/h1,11-16H,2-9H2,(H,22,24)(H,23,25). The van der Waals surface area contributed by atoms with Crippen LogP contribution in [-0.2, 0) is 14.3 Å². The van der Waals surface area contributed by atoms with Crippen LogP contribution in [0.15, 0.2) is 11.1 Å². The van der Waals surface area contributed by atoms with E-state index in [9.17, 15) is 14.0 Å². The molecule has 3 aliphatic rings. The molecule has 0 aromatic carbocycles. The molecule has 0 aromatic rings. The summed E-state index contributed by atoms with van der Waals surface area (Å²) in [6.07, 6.45) is 3.50. The molecule has 1 aliphatic heterocycles. The van der Waals surface area contributed by atoms with Gasteiger partial charge < -0.3 is 15.4 Å². The number of rotatable bonds is 4. The summed E-state index contributed by atoms with van der Waals surface area (Å²) in [6, 6.07) is -0.152. The predicted molar refractivity (Wildman–Crippen MR) is 97.9 cm³/mol. The van der Waals surface area contributed by atoms with Gasteiger partial charge >= 0.3 is 0 Å². The van der Waals surface area contributed by atoms with E-state index in [1.165, 1.54) is 0 Å². The monoisotopic (exact) mass is 406 g/mol. The lowest BCUT2D eigenvalue weighted by Gasteiger charge is -2.37. The minimum Gasteiger partial charge on any atom is -0.372 e. The zero-order valence-corrected chi connectivity index (χ0v) is 16.1. The molecule has 26 heavy (non-hydrogen) atoms. The van der Waals surface area contributed by atoms with Crippen molar-refractivity contribution in [3.63, 3.8) is 0 Å². The van der Waals surface area contributed by atoms with E-state index in [0.717, 1.165) is 6.42 Å². The Labute approximate surface area is 163 Å². The number of alkyl halides is 2. The van der Waals surface area contributed by atoms with Crippen molar-refractivity contribution in [1.29, 1.82) is 0 Å². The summed E-state index contributed by atoms with van der Waals surface area (Å²) in [4.78, 5) is 24.3. The van der Waals surface area contributed by atoms with E-state index in [4.69, 9.17) is 27.9 Å². The van der Waals surface area contributed by atoms with Crippen molar-refractivity contribution in [2.24, 2.45) is 5.92 Å². The van der Waals surface area contributed by atoms with Gasteiger partial charge in [-0.05, 0) is 32.1 Å². The Morgan fingerprint density at radius 2 is 2.08 bits per heavy atom. The second-order valence-corrected chi connectivity index (χ2v) is 8.43. The molecule has 2 amide bonds. The Morgan fingerprint density at radius 3 is 2.81 bits per heavy atom. The van der Waals surface area contributed by atoms with Crippen molar-refractivity contribution in [2.75, 3.05) is 6.54 Å². The summed E-state index contributed by atoms with van der Waals surface area (Å²) in [7, 11) is 0. The van der Waals surface area contributed by atoms with Gasteiger partial charge in [0, 0.05) is 30.5 Å². The number of amides is 2. The number of ether oxygens (including phenoxy) is 1. The fourth-order valence-corrected chi connectivity index (χ4v) is 4.50. The Kier molecular flexibility index (Phi) is 6.81. The molecule has 1 heterocycles. The molecule has 2 N–H and O–H groups in total. The van der Waals surface area contributed by atoms with Gasteiger partial charge in [0.15, 0.2) is 0 Å². The third kappa shape index (κ3) is 5.11. The summed E-state index contributed by atoms with van der Waals surface area (Å²) >= 11 is 12.4. The molecule has 146 valence electrons. The minimum atomic E-state index is -0.885. The van der Waals surface area contributed by atoms with E-state index >= 15 is 0 Å². The molecule has 8 heteroatoms. The molecule has 2 fully saturated rings. The van der Waals surface area contributed by atoms with Gasteiger partial charge in [0.25, 0.3) is 0 Å². The molecule has 3 rings (SSSR count). The van der Waals surface area contributed by atoms with Crippen LogP contribution in [0.4, 0.5) is 4.39 Å². The number of allylic oxidation sites excluding steroid dienone is 1. The van der Waals surface area contributed by atoms with Gasteiger partial charge in [0.1, 0.15) is 6.17 Å². The highest BCUT2D eigenvalue weighted by atomic mass is 35.5. The summed E-state index contributed by atoms with van der Waals surface area (Å²) in [5, 5.41) is 6.00. The summed E-state index contributed by atoms with van der Waals surface area (Å²) in [5.74, 6) is -0.552. The first-order chi connectivity index (χ1) is 12.4. The van der Waals surface area contributed by atoms with Gasteiger partial charge in [-0.3, -0.25) is 9.59 Å². The first-order valence-corrected chi connectivity index (χ1v) is 10.1. The number of hydrogen-bond donors (Lipinski definition) is 2. The molecule has 5 nitrogen and oxygen atoms in total. The first-order valence-electron chi connectivity index (χ1n) is 9.27. The maximum absolute atomic E-state index is 13.5. The molecule has 1 saturated carbocycles. The van der Waals surface area contributed by atoms with Crippen molar-refractivity contribution < 1.29 is 18.7 Å². The van der Waals surface area contributed by atoms with E-state index in [2.05, 4.69) is 10.6 Å². The van der Waals surface area contributed by atoms with Crippen LogP contribution in [-0.4, -0.2) is 48.2 Å². The third-order valence-electron chi connectivity index (χ3n) is 5.37. The average molecular weight is 407 g/mol. The molecule has 0 bridgehead atoms. The smallest absolute Gasteiger partial charge is 0.226 e. The van der Waals surface area contributed by atoms with Crippen LogP contribution in [0.5, 0.6) is 0 Å². The van der Waals surface area contributed by atoms with E-state index in [-0.39, 0.29) is 42.4 Å². The highest BCUT2D eigenvalue weighted by molar-refractivity contribution is 6.29. The number of piperidine rings is 1. The number of nitrogens with one attached hydrogen (secondary N) is 2. The highest BCUT2D eigenvalue weighted by Crippen LogP contribution is 2.34. The summed E-state index contributed by atoms with van der Waals surface area (Å²) in [6.45, 7) is 0.570. The van der Waals surface area contributed by atoms with E-state index in [1.807, 2.05) is 6.08 Å². The molecule has 6 atom stereocenters. The fourth-order valence-electron chi connectivity index (χ4n) is 3.88. The first kappa shape index (κ1) is 19.9. The zero-order chi connectivity index (χ0) is 18.7. The van der Waals surface area contributed by atoms with Crippen LogP contribution in [0, 0.1) is 5.92 Å².